The number of rotatable bonds is 3. The van der Waals surface area contributed by atoms with Crippen molar-refractivity contribution in [3.05, 3.63) is 21.6 Å². The summed E-state index contributed by atoms with van der Waals surface area (Å²) in [5.41, 5.74) is 8.66. The van der Waals surface area contributed by atoms with Gasteiger partial charge in [-0.15, -0.1) is 5.10 Å². The Morgan fingerprint density at radius 2 is 2.12 bits per heavy atom. The lowest BCUT2D eigenvalue weighted by Crippen LogP contribution is -2.09. The first-order valence-electron chi connectivity index (χ1n) is 5.40. The average molecular weight is 299 g/mol. The van der Waals surface area contributed by atoms with Crippen LogP contribution < -0.4 is 5.73 Å². The Morgan fingerprint density at radius 3 is 2.59 bits per heavy atom. The number of halogens is 1. The molecule has 0 aliphatic heterocycles. The van der Waals surface area contributed by atoms with Crippen molar-refractivity contribution < 1.29 is 0 Å². The number of hydrogen-bond acceptors (Lipinski definition) is 4. The molecule has 0 aromatic carbocycles. The number of nitrogen functional groups attached to an aromatic ring is 1. The lowest BCUT2D eigenvalue weighted by Gasteiger charge is -2.04. The topological polar surface area (TPSA) is 74.5 Å². The number of hydrogen-bond donors (Lipinski definition) is 1. The summed E-state index contributed by atoms with van der Waals surface area (Å²) in [7, 11) is 1.93. The Kier molecular flexibility index (Phi) is 3.19. The van der Waals surface area contributed by atoms with Gasteiger partial charge in [-0.3, -0.25) is 4.68 Å². The van der Waals surface area contributed by atoms with Gasteiger partial charge in [0.25, 0.3) is 0 Å². The Hall–Kier alpha value is -1.37. The minimum Gasteiger partial charge on any atom is -0.381 e. The van der Waals surface area contributed by atoms with Crippen LogP contribution in [-0.4, -0.2) is 24.8 Å². The van der Waals surface area contributed by atoms with E-state index in [0.717, 1.165) is 28.0 Å². The summed E-state index contributed by atoms with van der Waals surface area (Å²) in [5.74, 6) is 0.471. The zero-order chi connectivity index (χ0) is 12.6. The summed E-state index contributed by atoms with van der Waals surface area (Å²) < 4.78 is 4.67. The fourth-order valence-electron chi connectivity index (χ4n) is 1.66. The van der Waals surface area contributed by atoms with Gasteiger partial charge >= 0.3 is 0 Å². The van der Waals surface area contributed by atoms with Gasteiger partial charge in [0.15, 0.2) is 5.82 Å². The molecule has 17 heavy (non-hydrogen) atoms. The standard InChI is InChI=1S/C10H15BrN6/c1-4-7-9(11)8(16(3)14-7)5-17-6(2)10(12)13-15-17/h4-5,12H2,1-3H3. The second-order valence-electron chi connectivity index (χ2n) is 3.90. The molecule has 0 saturated heterocycles. The van der Waals surface area contributed by atoms with E-state index in [-0.39, 0.29) is 0 Å². The molecule has 6 nitrogen and oxygen atoms in total. The summed E-state index contributed by atoms with van der Waals surface area (Å²) in [6.07, 6.45) is 0.896. The highest BCUT2D eigenvalue weighted by Gasteiger charge is 2.15. The van der Waals surface area contributed by atoms with Crippen molar-refractivity contribution in [1.82, 2.24) is 24.8 Å². The summed E-state index contributed by atoms with van der Waals surface area (Å²) in [6.45, 7) is 4.59. The molecular formula is C10H15BrN6. The molecule has 92 valence electrons. The molecule has 2 aromatic heterocycles. The Balaban J connectivity index is 2.36. The molecule has 0 unspecified atom stereocenters. The highest BCUT2D eigenvalue weighted by molar-refractivity contribution is 9.10. The van der Waals surface area contributed by atoms with Crippen LogP contribution in [-0.2, 0) is 20.0 Å². The van der Waals surface area contributed by atoms with Gasteiger partial charge in [0, 0.05) is 7.05 Å². The van der Waals surface area contributed by atoms with Gasteiger partial charge in [-0.2, -0.15) is 5.10 Å². The largest absolute Gasteiger partial charge is 0.381 e. The van der Waals surface area contributed by atoms with Gasteiger partial charge in [0.2, 0.25) is 0 Å². The smallest absolute Gasteiger partial charge is 0.168 e. The fraction of sp³-hybridized carbons (Fsp3) is 0.500. The SMILES string of the molecule is CCc1nn(C)c(Cn2nnc(N)c2C)c1Br. The van der Waals surface area contributed by atoms with Crippen molar-refractivity contribution in [2.75, 3.05) is 5.73 Å². The van der Waals surface area contributed by atoms with Gasteiger partial charge in [0.1, 0.15) is 0 Å². The molecule has 0 atom stereocenters. The first-order chi connectivity index (χ1) is 8.04. The maximum atomic E-state index is 5.67. The van der Waals surface area contributed by atoms with E-state index in [4.69, 9.17) is 5.73 Å². The number of aromatic nitrogens is 5. The van der Waals surface area contributed by atoms with E-state index in [1.54, 1.807) is 4.68 Å². The average Bonchev–Trinajstić information content (AvgIpc) is 2.76. The third kappa shape index (κ3) is 2.06. The van der Waals surface area contributed by atoms with E-state index < -0.39 is 0 Å². The zero-order valence-electron chi connectivity index (χ0n) is 10.1. The van der Waals surface area contributed by atoms with Crippen LogP contribution in [0.2, 0.25) is 0 Å². The maximum absolute atomic E-state index is 5.67. The molecule has 0 amide bonds. The fourth-order valence-corrected chi connectivity index (χ4v) is 2.40. The lowest BCUT2D eigenvalue weighted by molar-refractivity contribution is 0.586. The second kappa shape index (κ2) is 4.48. The van der Waals surface area contributed by atoms with Gasteiger partial charge < -0.3 is 5.73 Å². The minimum atomic E-state index is 0.471. The minimum absolute atomic E-state index is 0.471. The number of anilines is 1. The van der Waals surface area contributed by atoms with E-state index in [1.807, 2.05) is 18.7 Å². The quantitative estimate of drug-likeness (QED) is 0.926. The monoisotopic (exact) mass is 298 g/mol. The normalized spacial score (nSPS) is 11.1. The zero-order valence-corrected chi connectivity index (χ0v) is 11.7. The lowest BCUT2D eigenvalue weighted by atomic mass is 10.3. The molecular weight excluding hydrogens is 284 g/mol. The number of nitrogens with zero attached hydrogens (tertiary/aromatic N) is 5. The predicted molar refractivity (Wildman–Crippen MR) is 68.6 cm³/mol. The summed E-state index contributed by atoms with van der Waals surface area (Å²) >= 11 is 3.58. The Bertz CT molecular complexity index is 541. The van der Waals surface area contributed by atoms with Gasteiger partial charge in [-0.05, 0) is 29.3 Å². The molecule has 0 bridgehead atoms. The summed E-state index contributed by atoms with van der Waals surface area (Å²) in [6, 6.07) is 0. The molecule has 2 N–H and O–H groups in total. The molecule has 0 saturated carbocycles. The van der Waals surface area contributed by atoms with Gasteiger partial charge in [-0.25, -0.2) is 4.68 Å². The van der Waals surface area contributed by atoms with E-state index in [0.29, 0.717) is 12.4 Å². The highest BCUT2D eigenvalue weighted by atomic mass is 79.9. The first kappa shape index (κ1) is 12.1. The van der Waals surface area contributed by atoms with Crippen LogP contribution in [0, 0.1) is 6.92 Å². The van der Waals surface area contributed by atoms with Crippen molar-refractivity contribution in [2.45, 2.75) is 26.8 Å². The number of aryl methyl sites for hydroxylation is 2. The van der Waals surface area contributed by atoms with Crippen LogP contribution in [0.5, 0.6) is 0 Å². The van der Waals surface area contributed by atoms with Crippen LogP contribution >= 0.6 is 15.9 Å². The predicted octanol–water partition coefficient (Wildman–Crippen LogP) is 1.28. The molecule has 0 spiro atoms. The summed E-state index contributed by atoms with van der Waals surface area (Å²) in [5, 5.41) is 12.3. The van der Waals surface area contributed by atoms with Crippen LogP contribution in [0.1, 0.15) is 24.0 Å². The molecule has 0 aliphatic rings. The number of nitrogens with two attached hydrogens (primary N) is 1. The molecule has 0 fully saturated rings. The molecule has 0 aliphatic carbocycles. The molecule has 2 aromatic rings. The van der Waals surface area contributed by atoms with Crippen molar-refractivity contribution in [1.29, 1.82) is 0 Å². The van der Waals surface area contributed by atoms with Crippen LogP contribution in [0.15, 0.2) is 4.47 Å². The molecule has 2 rings (SSSR count). The van der Waals surface area contributed by atoms with Crippen LogP contribution in [0.3, 0.4) is 0 Å². The first-order valence-corrected chi connectivity index (χ1v) is 6.19. The van der Waals surface area contributed by atoms with Crippen LogP contribution in [0.4, 0.5) is 5.82 Å². The summed E-state index contributed by atoms with van der Waals surface area (Å²) in [4.78, 5) is 0. The van der Waals surface area contributed by atoms with Crippen LogP contribution in [0.25, 0.3) is 0 Å². The van der Waals surface area contributed by atoms with Gasteiger partial charge in [0.05, 0.1) is 28.1 Å². The third-order valence-corrected chi connectivity index (χ3v) is 3.74. The van der Waals surface area contributed by atoms with E-state index in [9.17, 15) is 0 Å². The van der Waals surface area contributed by atoms with Gasteiger partial charge in [-0.1, -0.05) is 12.1 Å². The van der Waals surface area contributed by atoms with Crippen molar-refractivity contribution in [2.24, 2.45) is 7.05 Å². The van der Waals surface area contributed by atoms with Crippen molar-refractivity contribution >= 4 is 21.7 Å². The second-order valence-corrected chi connectivity index (χ2v) is 4.70. The van der Waals surface area contributed by atoms with E-state index >= 15 is 0 Å². The Morgan fingerprint density at radius 1 is 1.41 bits per heavy atom. The molecule has 7 heteroatoms. The van der Waals surface area contributed by atoms with Crippen molar-refractivity contribution in [3.63, 3.8) is 0 Å². The van der Waals surface area contributed by atoms with E-state index in [2.05, 4.69) is 38.3 Å². The maximum Gasteiger partial charge on any atom is 0.168 e. The molecule has 0 radical (unpaired) electrons. The van der Waals surface area contributed by atoms with E-state index in [1.165, 1.54) is 0 Å². The Labute approximate surface area is 108 Å². The highest BCUT2D eigenvalue weighted by Crippen LogP contribution is 2.22. The van der Waals surface area contributed by atoms with Crippen molar-refractivity contribution in [3.8, 4) is 0 Å². The third-order valence-electron chi connectivity index (χ3n) is 2.82. The molecule has 2 heterocycles.